The molecule has 0 saturated heterocycles. The largest absolute Gasteiger partial charge is 0.497 e. The number of aryl methyl sites for hydroxylation is 1. The fraction of sp³-hybridized carbons (Fsp3) is 0.207. The topological polar surface area (TPSA) is 79.2 Å². The summed E-state index contributed by atoms with van der Waals surface area (Å²) in [5.41, 5.74) is 5.62. The Bertz CT molecular complexity index is 1450. The first-order valence-electron chi connectivity index (χ1n) is 11.3. The zero-order valence-electron chi connectivity index (χ0n) is 21.2. The van der Waals surface area contributed by atoms with Gasteiger partial charge in [0.25, 0.3) is 0 Å². The second-order valence-electron chi connectivity index (χ2n) is 8.23. The van der Waals surface area contributed by atoms with Gasteiger partial charge in [0, 0.05) is 39.9 Å². The Hall–Kier alpha value is -4.39. The number of hydrogen-bond donors (Lipinski definition) is 1. The Labute approximate surface area is 210 Å². The summed E-state index contributed by atoms with van der Waals surface area (Å²) >= 11 is 0. The summed E-state index contributed by atoms with van der Waals surface area (Å²) in [4.78, 5) is 12.9. The summed E-state index contributed by atoms with van der Waals surface area (Å²) in [6.07, 6.45) is 3.28. The predicted molar refractivity (Wildman–Crippen MR) is 141 cm³/mol. The molecule has 36 heavy (non-hydrogen) atoms. The molecule has 0 radical (unpaired) electrons. The Balaban J connectivity index is 1.72. The molecule has 1 N–H and O–H groups in total. The van der Waals surface area contributed by atoms with E-state index in [1.165, 1.54) is 0 Å². The Kier molecular flexibility index (Phi) is 7.20. The van der Waals surface area contributed by atoms with E-state index in [9.17, 15) is 4.79 Å². The molecule has 186 valence electrons. The first kappa shape index (κ1) is 24.7. The summed E-state index contributed by atoms with van der Waals surface area (Å²) in [6, 6.07) is 15.0. The van der Waals surface area contributed by atoms with Gasteiger partial charge in [-0.1, -0.05) is 12.1 Å². The number of nitrogens with one attached hydrogen (secondary N) is 1. The minimum atomic E-state index is -0.278. The summed E-state index contributed by atoms with van der Waals surface area (Å²) in [7, 11) is 6.36. The highest BCUT2D eigenvalue weighted by molar-refractivity contribution is 6.06. The van der Waals surface area contributed by atoms with Crippen LogP contribution in [0.1, 0.15) is 18.1 Å². The maximum atomic E-state index is 12.9. The monoisotopic (exact) mass is 487 g/mol. The predicted octanol–water partition coefficient (Wildman–Crippen LogP) is 6.48. The van der Waals surface area contributed by atoms with Crippen LogP contribution in [0.2, 0.25) is 0 Å². The van der Waals surface area contributed by atoms with E-state index in [1.54, 1.807) is 59.0 Å². The maximum Gasteiger partial charge on any atom is 0.248 e. The zero-order valence-corrected chi connectivity index (χ0v) is 21.2. The van der Waals surface area contributed by atoms with Crippen LogP contribution in [0.5, 0.6) is 23.0 Å². The number of fused-ring (bicyclic) bond motifs is 1. The average Bonchev–Trinajstić information content (AvgIpc) is 3.32. The van der Waals surface area contributed by atoms with Gasteiger partial charge in [-0.25, -0.2) is 0 Å². The fourth-order valence-electron chi connectivity index (χ4n) is 4.25. The summed E-state index contributed by atoms with van der Waals surface area (Å²) < 4.78 is 27.6. The normalized spacial score (nSPS) is 11.3. The van der Waals surface area contributed by atoms with Crippen LogP contribution in [0.4, 0.5) is 5.69 Å². The molecule has 3 aromatic carbocycles. The standard InChI is InChI=1S/C29H29NO6/c1-17(12-27(31)30-20-10-11-25(33-4)26(14-20)34-5)22-15-23-24(19-8-7-9-21(13-19)32-3)16-36-29(23)18(2)28(22)35-6/h7-16H,1-6H3,(H,30,31)/b17-12+. The molecule has 0 bridgehead atoms. The average molecular weight is 488 g/mol. The van der Waals surface area contributed by atoms with Crippen LogP contribution in [0.15, 0.2) is 65.3 Å². The molecule has 0 atom stereocenters. The Morgan fingerprint density at radius 1 is 0.917 bits per heavy atom. The van der Waals surface area contributed by atoms with Gasteiger partial charge in [-0.3, -0.25) is 4.79 Å². The van der Waals surface area contributed by atoms with Gasteiger partial charge in [-0.2, -0.15) is 0 Å². The highest BCUT2D eigenvalue weighted by Crippen LogP contribution is 2.41. The van der Waals surface area contributed by atoms with Crippen molar-refractivity contribution in [1.82, 2.24) is 0 Å². The summed E-state index contributed by atoms with van der Waals surface area (Å²) in [5.74, 6) is 2.25. The van der Waals surface area contributed by atoms with Crippen molar-refractivity contribution in [2.45, 2.75) is 13.8 Å². The SMILES string of the molecule is COc1cccc(-c2coc3c(C)c(OC)c(/C(C)=C/C(=O)Nc4ccc(OC)c(OC)c4)cc23)c1. The lowest BCUT2D eigenvalue weighted by Gasteiger charge is -2.14. The number of rotatable bonds is 8. The van der Waals surface area contributed by atoms with Crippen molar-refractivity contribution in [3.8, 4) is 34.1 Å². The summed E-state index contributed by atoms with van der Waals surface area (Å²) in [5, 5.41) is 3.80. The van der Waals surface area contributed by atoms with Gasteiger partial charge in [0.2, 0.25) is 5.91 Å². The van der Waals surface area contributed by atoms with Crippen LogP contribution < -0.4 is 24.3 Å². The first-order chi connectivity index (χ1) is 17.4. The van der Waals surface area contributed by atoms with Gasteiger partial charge in [-0.05, 0) is 55.3 Å². The smallest absolute Gasteiger partial charge is 0.248 e. The second-order valence-corrected chi connectivity index (χ2v) is 8.23. The number of amides is 1. The van der Waals surface area contributed by atoms with Crippen molar-refractivity contribution in [2.24, 2.45) is 0 Å². The molecule has 1 amide bonds. The number of anilines is 1. The third-order valence-corrected chi connectivity index (χ3v) is 6.05. The zero-order chi connectivity index (χ0) is 25.8. The molecule has 0 aliphatic carbocycles. The van der Waals surface area contributed by atoms with Gasteiger partial charge in [-0.15, -0.1) is 0 Å². The molecule has 4 aromatic rings. The number of ether oxygens (including phenoxy) is 4. The fourth-order valence-corrected chi connectivity index (χ4v) is 4.25. The van der Waals surface area contributed by atoms with E-state index in [2.05, 4.69) is 5.32 Å². The number of allylic oxidation sites excluding steroid dienone is 1. The number of furan rings is 1. The van der Waals surface area contributed by atoms with Crippen LogP contribution in [-0.2, 0) is 4.79 Å². The Morgan fingerprint density at radius 2 is 1.69 bits per heavy atom. The number of carbonyl (C=O) groups excluding carboxylic acids is 1. The molecular weight excluding hydrogens is 458 g/mol. The van der Waals surface area contributed by atoms with Crippen LogP contribution >= 0.6 is 0 Å². The lowest BCUT2D eigenvalue weighted by atomic mass is 9.96. The van der Waals surface area contributed by atoms with Crippen molar-refractivity contribution in [1.29, 1.82) is 0 Å². The van der Waals surface area contributed by atoms with Gasteiger partial charge >= 0.3 is 0 Å². The van der Waals surface area contributed by atoms with E-state index in [0.717, 1.165) is 44.5 Å². The van der Waals surface area contributed by atoms with Crippen molar-refractivity contribution >= 4 is 28.1 Å². The van der Waals surface area contributed by atoms with Gasteiger partial charge in [0.1, 0.15) is 17.1 Å². The minimum absolute atomic E-state index is 0.278. The van der Waals surface area contributed by atoms with E-state index < -0.39 is 0 Å². The lowest BCUT2D eigenvalue weighted by molar-refractivity contribution is -0.111. The van der Waals surface area contributed by atoms with Gasteiger partial charge in [0.05, 0.1) is 34.7 Å². The lowest BCUT2D eigenvalue weighted by Crippen LogP contribution is -2.09. The molecular formula is C29H29NO6. The molecule has 0 aliphatic rings. The van der Waals surface area contributed by atoms with E-state index in [1.807, 2.05) is 44.2 Å². The van der Waals surface area contributed by atoms with Crippen molar-refractivity contribution in [3.05, 3.63) is 72.0 Å². The molecule has 0 aliphatic heterocycles. The quantitative estimate of drug-likeness (QED) is 0.286. The minimum Gasteiger partial charge on any atom is -0.497 e. The molecule has 7 heteroatoms. The van der Waals surface area contributed by atoms with Crippen LogP contribution in [0.25, 0.3) is 27.7 Å². The number of benzene rings is 3. The maximum absolute atomic E-state index is 12.9. The first-order valence-corrected chi connectivity index (χ1v) is 11.3. The van der Waals surface area contributed by atoms with Crippen molar-refractivity contribution < 1.29 is 28.2 Å². The number of carbonyl (C=O) groups is 1. The third-order valence-electron chi connectivity index (χ3n) is 6.05. The van der Waals surface area contributed by atoms with Crippen LogP contribution in [-0.4, -0.2) is 34.3 Å². The van der Waals surface area contributed by atoms with E-state index in [0.29, 0.717) is 22.9 Å². The molecule has 1 heterocycles. The third kappa shape index (κ3) is 4.73. The molecule has 1 aromatic heterocycles. The summed E-state index contributed by atoms with van der Waals surface area (Å²) in [6.45, 7) is 3.82. The molecule has 0 unspecified atom stereocenters. The van der Waals surface area contributed by atoms with Crippen LogP contribution in [0.3, 0.4) is 0 Å². The number of methoxy groups -OCH3 is 4. The van der Waals surface area contributed by atoms with E-state index in [-0.39, 0.29) is 5.91 Å². The molecule has 4 rings (SSSR count). The van der Waals surface area contributed by atoms with Crippen molar-refractivity contribution in [3.63, 3.8) is 0 Å². The molecule has 0 spiro atoms. The van der Waals surface area contributed by atoms with Crippen LogP contribution in [0, 0.1) is 6.92 Å². The molecule has 7 nitrogen and oxygen atoms in total. The molecule has 0 fully saturated rings. The second kappa shape index (κ2) is 10.5. The van der Waals surface area contributed by atoms with Gasteiger partial charge < -0.3 is 28.7 Å². The van der Waals surface area contributed by atoms with Gasteiger partial charge in [0.15, 0.2) is 11.5 Å². The van der Waals surface area contributed by atoms with Crippen molar-refractivity contribution in [2.75, 3.05) is 33.8 Å². The molecule has 0 saturated carbocycles. The highest BCUT2D eigenvalue weighted by atomic mass is 16.5. The highest BCUT2D eigenvalue weighted by Gasteiger charge is 2.19. The van der Waals surface area contributed by atoms with E-state index in [4.69, 9.17) is 23.4 Å². The number of hydrogen-bond acceptors (Lipinski definition) is 6. The Morgan fingerprint density at radius 3 is 2.39 bits per heavy atom. The van der Waals surface area contributed by atoms with E-state index >= 15 is 0 Å².